The van der Waals surface area contributed by atoms with Gasteiger partial charge < -0.3 is 28.6 Å². The molecule has 2 aliphatic heterocycles. The van der Waals surface area contributed by atoms with Crippen LogP contribution in [0.15, 0.2) is 42.6 Å². The molecule has 214 valence electrons. The van der Waals surface area contributed by atoms with Crippen LogP contribution in [0.5, 0.6) is 5.75 Å². The van der Waals surface area contributed by atoms with Gasteiger partial charge in [-0.3, -0.25) is 4.68 Å². The van der Waals surface area contributed by atoms with E-state index in [1.807, 2.05) is 43.8 Å². The van der Waals surface area contributed by atoms with Crippen LogP contribution < -0.4 is 15.1 Å². The lowest BCUT2D eigenvalue weighted by molar-refractivity contribution is 0.00578. The molecule has 0 atom stereocenters. The number of carbonyl (C=O) groups excluding carboxylic acids is 1. The zero-order chi connectivity index (χ0) is 28.9. The number of piperazine rings is 1. The van der Waals surface area contributed by atoms with Gasteiger partial charge in [0.2, 0.25) is 0 Å². The highest BCUT2D eigenvalue weighted by atomic mass is 16.7. The van der Waals surface area contributed by atoms with Crippen molar-refractivity contribution in [1.82, 2.24) is 14.7 Å². The lowest BCUT2D eigenvalue weighted by Crippen LogP contribution is -2.50. The maximum Gasteiger partial charge on any atom is 0.494 e. The molecule has 3 heterocycles. The number of ether oxygens (including phenoxy) is 2. The predicted molar refractivity (Wildman–Crippen MR) is 158 cm³/mol. The number of methoxy groups -OCH3 is 1. The van der Waals surface area contributed by atoms with Crippen LogP contribution in [0, 0.1) is 0 Å². The molecule has 0 bridgehead atoms. The molecule has 0 spiro atoms. The van der Waals surface area contributed by atoms with Crippen molar-refractivity contribution >= 4 is 35.3 Å². The van der Waals surface area contributed by atoms with Crippen LogP contribution in [-0.2, 0) is 20.6 Å². The summed E-state index contributed by atoms with van der Waals surface area (Å²) in [5.41, 5.74) is 2.73. The molecule has 1 amide bonds. The van der Waals surface area contributed by atoms with Crippen molar-refractivity contribution in [1.29, 1.82) is 0 Å². The standard InChI is InChI=1S/C30H41BN4O5/c1-28(2,3)38-27(36)34-15-13-33(14-16-34)25-17-22(31-39-29(4,5)30(6,7)40-31)18-26-24(25)19-32-35(26)20-21-9-11-23(37-8)12-10-21/h9-12,17-19H,13-16,20H2,1-8H3. The number of fused-ring (bicyclic) bond motifs is 1. The summed E-state index contributed by atoms with van der Waals surface area (Å²) in [6.07, 6.45) is 1.67. The molecule has 0 aliphatic carbocycles. The summed E-state index contributed by atoms with van der Waals surface area (Å²) in [5, 5.41) is 5.84. The Labute approximate surface area is 237 Å². The van der Waals surface area contributed by atoms with Gasteiger partial charge in [-0.15, -0.1) is 0 Å². The Morgan fingerprint density at radius 3 is 2.20 bits per heavy atom. The monoisotopic (exact) mass is 548 g/mol. The van der Waals surface area contributed by atoms with Crippen LogP contribution in [-0.4, -0.2) is 78.0 Å². The minimum absolute atomic E-state index is 0.268. The summed E-state index contributed by atoms with van der Waals surface area (Å²) in [6, 6.07) is 12.3. The maximum atomic E-state index is 12.7. The molecule has 1 aromatic heterocycles. The second-order valence-corrected chi connectivity index (χ2v) is 12.7. The van der Waals surface area contributed by atoms with Crippen molar-refractivity contribution in [3.05, 3.63) is 48.2 Å². The zero-order valence-corrected chi connectivity index (χ0v) is 25.0. The summed E-state index contributed by atoms with van der Waals surface area (Å²) in [7, 11) is 1.17. The molecule has 3 aromatic rings. The van der Waals surface area contributed by atoms with E-state index >= 15 is 0 Å². The zero-order valence-electron chi connectivity index (χ0n) is 25.0. The molecule has 2 fully saturated rings. The minimum atomic E-state index is -0.518. The van der Waals surface area contributed by atoms with Crippen molar-refractivity contribution in [2.75, 3.05) is 38.2 Å². The third-order valence-corrected chi connectivity index (χ3v) is 8.05. The van der Waals surface area contributed by atoms with Crippen LogP contribution >= 0.6 is 0 Å². The molecule has 9 nitrogen and oxygen atoms in total. The van der Waals surface area contributed by atoms with Gasteiger partial charge in [-0.25, -0.2) is 4.79 Å². The molecule has 10 heteroatoms. The van der Waals surface area contributed by atoms with E-state index in [0.717, 1.165) is 33.4 Å². The first-order valence-electron chi connectivity index (χ1n) is 14.0. The molecule has 2 aliphatic rings. The fourth-order valence-electron chi connectivity index (χ4n) is 5.04. The number of benzene rings is 2. The average Bonchev–Trinajstić information content (AvgIpc) is 3.39. The van der Waals surface area contributed by atoms with Crippen molar-refractivity contribution in [2.24, 2.45) is 0 Å². The molecule has 0 N–H and O–H groups in total. The Bertz CT molecular complexity index is 1360. The van der Waals surface area contributed by atoms with Gasteiger partial charge in [0.15, 0.2) is 0 Å². The number of rotatable bonds is 5. The summed E-state index contributed by atoms with van der Waals surface area (Å²) in [5.74, 6) is 0.824. The normalized spacial score (nSPS) is 18.9. The first kappa shape index (κ1) is 28.3. The first-order valence-corrected chi connectivity index (χ1v) is 14.0. The van der Waals surface area contributed by atoms with Gasteiger partial charge in [0.1, 0.15) is 11.4 Å². The van der Waals surface area contributed by atoms with Crippen LogP contribution in [0.25, 0.3) is 10.9 Å². The summed E-state index contributed by atoms with van der Waals surface area (Å²) >= 11 is 0. The molecule has 0 unspecified atom stereocenters. The Hall–Kier alpha value is -3.24. The van der Waals surface area contributed by atoms with E-state index < -0.39 is 23.9 Å². The van der Waals surface area contributed by atoms with Crippen molar-refractivity contribution in [2.45, 2.75) is 71.8 Å². The number of nitrogens with zero attached hydrogens (tertiary/aromatic N) is 4. The SMILES string of the molecule is COc1ccc(Cn2ncc3c(N4CCN(C(=O)OC(C)(C)C)CC4)cc(B4OC(C)(C)C(C)(C)O4)cc32)cc1. The molecular formula is C30H41BN4O5. The molecule has 5 rings (SSSR count). The van der Waals surface area contributed by atoms with E-state index in [9.17, 15) is 4.79 Å². The maximum absolute atomic E-state index is 12.7. The lowest BCUT2D eigenvalue weighted by atomic mass is 9.78. The van der Waals surface area contributed by atoms with E-state index in [1.165, 1.54) is 0 Å². The highest BCUT2D eigenvalue weighted by Crippen LogP contribution is 2.37. The van der Waals surface area contributed by atoms with Gasteiger partial charge in [-0.2, -0.15) is 5.10 Å². The molecule has 0 radical (unpaired) electrons. The molecule has 0 saturated carbocycles. The van der Waals surface area contributed by atoms with E-state index in [2.05, 4.69) is 56.9 Å². The van der Waals surface area contributed by atoms with E-state index in [4.69, 9.17) is 23.9 Å². The number of hydrogen-bond donors (Lipinski definition) is 0. The van der Waals surface area contributed by atoms with Gasteiger partial charge in [0.25, 0.3) is 0 Å². The molecule has 40 heavy (non-hydrogen) atoms. The Morgan fingerprint density at radius 2 is 1.62 bits per heavy atom. The number of aromatic nitrogens is 2. The lowest BCUT2D eigenvalue weighted by Gasteiger charge is -2.37. The van der Waals surface area contributed by atoms with E-state index in [-0.39, 0.29) is 6.09 Å². The summed E-state index contributed by atoms with van der Waals surface area (Å²) in [4.78, 5) is 16.8. The average molecular weight is 548 g/mol. The second kappa shape index (κ2) is 10.3. The van der Waals surface area contributed by atoms with Crippen LogP contribution in [0.1, 0.15) is 54.0 Å². The third kappa shape index (κ3) is 5.65. The van der Waals surface area contributed by atoms with Crippen LogP contribution in [0.4, 0.5) is 10.5 Å². The Kier molecular flexibility index (Phi) is 7.29. The highest BCUT2D eigenvalue weighted by molar-refractivity contribution is 6.62. The highest BCUT2D eigenvalue weighted by Gasteiger charge is 2.52. The van der Waals surface area contributed by atoms with Gasteiger partial charge >= 0.3 is 13.2 Å². The van der Waals surface area contributed by atoms with Gasteiger partial charge in [0, 0.05) is 37.3 Å². The molecular weight excluding hydrogens is 507 g/mol. The van der Waals surface area contributed by atoms with Gasteiger partial charge in [-0.1, -0.05) is 12.1 Å². The van der Waals surface area contributed by atoms with Crippen molar-refractivity contribution in [3.8, 4) is 5.75 Å². The first-order chi connectivity index (χ1) is 18.8. The topological polar surface area (TPSA) is 78.3 Å². The van der Waals surface area contributed by atoms with Crippen molar-refractivity contribution in [3.63, 3.8) is 0 Å². The van der Waals surface area contributed by atoms with Gasteiger partial charge in [-0.05, 0) is 83.8 Å². The summed E-state index contributed by atoms with van der Waals surface area (Å²) in [6.45, 7) is 17.1. The van der Waals surface area contributed by atoms with E-state index in [1.54, 1.807) is 12.0 Å². The molecule has 2 aromatic carbocycles. The largest absolute Gasteiger partial charge is 0.497 e. The summed E-state index contributed by atoms with van der Waals surface area (Å²) < 4.78 is 25.8. The number of hydrogen-bond acceptors (Lipinski definition) is 7. The van der Waals surface area contributed by atoms with Crippen LogP contribution in [0.2, 0.25) is 0 Å². The minimum Gasteiger partial charge on any atom is -0.497 e. The Balaban J connectivity index is 1.47. The fraction of sp³-hybridized carbons (Fsp3) is 0.533. The smallest absolute Gasteiger partial charge is 0.494 e. The fourth-order valence-corrected chi connectivity index (χ4v) is 5.04. The number of carbonyl (C=O) groups is 1. The van der Waals surface area contributed by atoms with Crippen molar-refractivity contribution < 1.29 is 23.6 Å². The number of amides is 1. The van der Waals surface area contributed by atoms with Gasteiger partial charge in [0.05, 0.1) is 36.6 Å². The van der Waals surface area contributed by atoms with Crippen LogP contribution in [0.3, 0.4) is 0 Å². The second-order valence-electron chi connectivity index (χ2n) is 12.7. The van der Waals surface area contributed by atoms with E-state index in [0.29, 0.717) is 32.7 Å². The third-order valence-electron chi connectivity index (χ3n) is 8.05. The Morgan fingerprint density at radius 1 is 1.00 bits per heavy atom. The number of anilines is 1. The quantitative estimate of drug-likeness (QED) is 0.436. The molecule has 2 saturated heterocycles. The predicted octanol–water partition coefficient (Wildman–Crippen LogP) is 4.45.